The normalized spacial score (nSPS) is 18.2. The molecule has 1 aromatic heterocycles. The molecular formula is C25H27F2N5O3. The number of rotatable bonds is 8. The predicted octanol–water partition coefficient (Wildman–Crippen LogP) is 2.45. The van der Waals surface area contributed by atoms with Crippen molar-refractivity contribution in [3.05, 3.63) is 65.5 Å². The number of imidazole rings is 1. The predicted molar refractivity (Wildman–Crippen MR) is 125 cm³/mol. The maximum absolute atomic E-state index is 14.9. The highest BCUT2D eigenvalue weighted by atomic mass is 19.1. The van der Waals surface area contributed by atoms with E-state index in [1.807, 2.05) is 19.0 Å². The lowest BCUT2D eigenvalue weighted by Gasteiger charge is -2.29. The van der Waals surface area contributed by atoms with Gasteiger partial charge >= 0.3 is 0 Å². The van der Waals surface area contributed by atoms with Crippen LogP contribution in [0, 0.1) is 11.6 Å². The van der Waals surface area contributed by atoms with E-state index in [-0.39, 0.29) is 31.5 Å². The van der Waals surface area contributed by atoms with E-state index in [0.29, 0.717) is 23.4 Å². The largest absolute Gasteiger partial charge is 0.340 e. The lowest BCUT2D eigenvalue weighted by Crippen LogP contribution is -2.44. The van der Waals surface area contributed by atoms with Crippen molar-refractivity contribution >= 4 is 28.8 Å². The Balaban J connectivity index is 1.60. The second kappa shape index (κ2) is 9.53. The molecule has 0 saturated carbocycles. The van der Waals surface area contributed by atoms with Crippen molar-refractivity contribution in [1.82, 2.24) is 24.7 Å². The molecule has 1 N–H and O–H groups in total. The summed E-state index contributed by atoms with van der Waals surface area (Å²) in [7, 11) is 5.18. The summed E-state index contributed by atoms with van der Waals surface area (Å²) in [5.74, 6) is -2.08. The van der Waals surface area contributed by atoms with Crippen LogP contribution < -0.4 is 0 Å². The summed E-state index contributed by atoms with van der Waals surface area (Å²) >= 11 is 0. The van der Waals surface area contributed by atoms with Crippen LogP contribution in [0.15, 0.2) is 42.5 Å². The van der Waals surface area contributed by atoms with Crippen molar-refractivity contribution in [3.8, 4) is 0 Å². The third-order valence-corrected chi connectivity index (χ3v) is 6.33. The number of fused-ring (bicyclic) bond motifs is 1. The van der Waals surface area contributed by atoms with Gasteiger partial charge in [-0.3, -0.25) is 19.3 Å². The van der Waals surface area contributed by atoms with Gasteiger partial charge in [-0.1, -0.05) is 18.2 Å². The van der Waals surface area contributed by atoms with Gasteiger partial charge in [-0.05, 0) is 38.4 Å². The van der Waals surface area contributed by atoms with E-state index in [1.165, 1.54) is 48.3 Å². The Morgan fingerprint density at radius 2 is 1.89 bits per heavy atom. The van der Waals surface area contributed by atoms with Crippen molar-refractivity contribution in [3.63, 3.8) is 0 Å². The third-order valence-electron chi connectivity index (χ3n) is 6.33. The first-order valence-corrected chi connectivity index (χ1v) is 11.2. The summed E-state index contributed by atoms with van der Waals surface area (Å²) in [5.41, 5.74) is -0.543. The number of carbonyl (C=O) groups is 3. The minimum Gasteiger partial charge on any atom is -0.340 e. The minimum absolute atomic E-state index is 0.0339. The lowest BCUT2D eigenvalue weighted by atomic mass is 9.75. The molecule has 1 saturated heterocycles. The third kappa shape index (κ3) is 4.79. The first-order chi connectivity index (χ1) is 16.6. The van der Waals surface area contributed by atoms with Crippen LogP contribution in [0.5, 0.6) is 0 Å². The van der Waals surface area contributed by atoms with Crippen LogP contribution in [0.1, 0.15) is 24.2 Å². The Labute approximate surface area is 201 Å². The Morgan fingerprint density at radius 1 is 1.14 bits per heavy atom. The van der Waals surface area contributed by atoms with E-state index < -0.39 is 34.8 Å². The van der Waals surface area contributed by atoms with Gasteiger partial charge in [-0.15, -0.1) is 0 Å². The van der Waals surface area contributed by atoms with Crippen LogP contribution in [-0.4, -0.2) is 76.6 Å². The fourth-order valence-electron chi connectivity index (χ4n) is 4.44. The highest BCUT2D eigenvalue weighted by Gasteiger charge is 2.54. The molecule has 0 spiro atoms. The zero-order valence-corrected chi connectivity index (χ0v) is 19.8. The van der Waals surface area contributed by atoms with Crippen LogP contribution in [0.4, 0.5) is 8.78 Å². The number of likely N-dealkylation sites (N-methyl/N-ethyl adjacent to an activating group) is 1. The van der Waals surface area contributed by atoms with Crippen LogP contribution in [-0.2, 0) is 26.3 Å². The highest BCUT2D eigenvalue weighted by Crippen LogP contribution is 2.41. The molecule has 10 heteroatoms. The SMILES string of the molecule is CN(C)CCN1C(=O)C[C@@](CC(=O)N(C)Cc2nc3ccc(F)cc3[nH]2)(c2ccccc2F)C1=O. The second-order valence-electron chi connectivity index (χ2n) is 9.16. The smallest absolute Gasteiger partial charge is 0.241 e. The van der Waals surface area contributed by atoms with Crippen molar-refractivity contribution in [2.24, 2.45) is 0 Å². The number of likely N-dealkylation sites (tertiary alicyclic amines) is 1. The molecule has 0 aliphatic carbocycles. The van der Waals surface area contributed by atoms with Crippen LogP contribution >= 0.6 is 0 Å². The van der Waals surface area contributed by atoms with E-state index in [9.17, 15) is 23.2 Å². The fourth-order valence-corrected chi connectivity index (χ4v) is 4.44. The number of aromatic amines is 1. The topological polar surface area (TPSA) is 89.6 Å². The van der Waals surface area contributed by atoms with Crippen LogP contribution in [0.2, 0.25) is 0 Å². The molecule has 1 aliphatic heterocycles. The number of amides is 3. The molecule has 2 aromatic carbocycles. The maximum atomic E-state index is 14.9. The number of nitrogens with one attached hydrogen (secondary N) is 1. The van der Waals surface area contributed by atoms with Gasteiger partial charge in [0.2, 0.25) is 17.7 Å². The Kier molecular flexibility index (Phi) is 6.66. The number of hydrogen-bond acceptors (Lipinski definition) is 5. The van der Waals surface area contributed by atoms with Crippen molar-refractivity contribution in [2.45, 2.75) is 24.8 Å². The van der Waals surface area contributed by atoms with Crippen LogP contribution in [0.3, 0.4) is 0 Å². The molecule has 35 heavy (non-hydrogen) atoms. The summed E-state index contributed by atoms with van der Waals surface area (Å²) in [6, 6.07) is 9.90. The van der Waals surface area contributed by atoms with Crippen molar-refractivity contribution in [1.29, 1.82) is 0 Å². The van der Waals surface area contributed by atoms with Gasteiger partial charge in [-0.25, -0.2) is 13.8 Å². The number of aromatic nitrogens is 2. The molecule has 4 rings (SSSR count). The first-order valence-electron chi connectivity index (χ1n) is 11.2. The number of hydrogen-bond donors (Lipinski definition) is 1. The summed E-state index contributed by atoms with van der Waals surface area (Å²) in [4.78, 5) is 51.4. The Bertz CT molecular complexity index is 1290. The summed E-state index contributed by atoms with van der Waals surface area (Å²) in [5, 5.41) is 0. The van der Waals surface area contributed by atoms with Gasteiger partial charge in [0.25, 0.3) is 0 Å². The molecule has 2 heterocycles. The number of imide groups is 1. The number of halogens is 2. The first kappa shape index (κ1) is 24.5. The van der Waals surface area contributed by atoms with Crippen molar-refractivity contribution in [2.75, 3.05) is 34.2 Å². The highest BCUT2D eigenvalue weighted by molar-refractivity contribution is 6.10. The Morgan fingerprint density at radius 3 is 2.60 bits per heavy atom. The number of nitrogens with zero attached hydrogens (tertiary/aromatic N) is 4. The monoisotopic (exact) mass is 483 g/mol. The van der Waals surface area contributed by atoms with Gasteiger partial charge < -0.3 is 14.8 Å². The van der Waals surface area contributed by atoms with Gasteiger partial charge in [0, 0.05) is 38.5 Å². The van der Waals surface area contributed by atoms with Crippen LogP contribution in [0.25, 0.3) is 11.0 Å². The maximum Gasteiger partial charge on any atom is 0.241 e. The number of carbonyl (C=O) groups excluding carboxylic acids is 3. The molecule has 3 aromatic rings. The molecule has 0 radical (unpaired) electrons. The van der Waals surface area contributed by atoms with Gasteiger partial charge in [0.15, 0.2) is 0 Å². The Hall–Kier alpha value is -3.66. The van der Waals surface area contributed by atoms with Crippen molar-refractivity contribution < 1.29 is 23.2 Å². The molecule has 184 valence electrons. The molecule has 1 fully saturated rings. The summed E-state index contributed by atoms with van der Waals surface area (Å²) < 4.78 is 28.4. The molecule has 1 aliphatic rings. The van der Waals surface area contributed by atoms with E-state index in [2.05, 4.69) is 9.97 Å². The van der Waals surface area contributed by atoms with E-state index in [0.717, 1.165) is 4.90 Å². The zero-order chi connectivity index (χ0) is 25.3. The van der Waals surface area contributed by atoms with Gasteiger partial charge in [-0.2, -0.15) is 0 Å². The molecule has 1 atom stereocenters. The standard InChI is InChI=1S/C25H27F2N5O3/c1-30(2)10-11-32-23(34)14-25(24(32)35,17-6-4-5-7-18(17)27)13-22(33)31(3)15-21-28-19-9-8-16(26)12-20(19)29-21/h4-9,12H,10-11,13-15H2,1-3H3,(H,28,29)/t25-/m0/s1. The molecular weight excluding hydrogens is 456 g/mol. The molecule has 0 unspecified atom stereocenters. The average molecular weight is 484 g/mol. The van der Waals surface area contributed by atoms with Gasteiger partial charge in [0.05, 0.1) is 23.0 Å². The number of benzene rings is 2. The average Bonchev–Trinajstić information content (AvgIpc) is 3.29. The van der Waals surface area contributed by atoms with E-state index in [4.69, 9.17) is 0 Å². The second-order valence-corrected chi connectivity index (χ2v) is 9.16. The van der Waals surface area contributed by atoms with E-state index in [1.54, 1.807) is 6.07 Å². The molecule has 8 nitrogen and oxygen atoms in total. The molecule has 0 bridgehead atoms. The fraction of sp³-hybridized carbons (Fsp3) is 0.360. The zero-order valence-electron chi connectivity index (χ0n) is 19.8. The minimum atomic E-state index is -1.63. The molecule has 3 amide bonds. The number of H-pyrrole nitrogens is 1. The quantitative estimate of drug-likeness (QED) is 0.497. The van der Waals surface area contributed by atoms with E-state index >= 15 is 0 Å². The summed E-state index contributed by atoms with van der Waals surface area (Å²) in [6.07, 6.45) is -0.661. The summed E-state index contributed by atoms with van der Waals surface area (Å²) in [6.45, 7) is 0.667. The van der Waals surface area contributed by atoms with Gasteiger partial charge in [0.1, 0.15) is 17.5 Å². The lowest BCUT2D eigenvalue weighted by molar-refractivity contribution is -0.142.